The van der Waals surface area contributed by atoms with Gasteiger partial charge in [-0.1, -0.05) is 42.3 Å². The fourth-order valence-electron chi connectivity index (χ4n) is 3.20. The molecule has 1 aliphatic heterocycles. The zero-order valence-corrected chi connectivity index (χ0v) is 14.9. The van der Waals surface area contributed by atoms with Crippen molar-refractivity contribution in [1.82, 2.24) is 10.2 Å². The third-order valence-electron chi connectivity index (χ3n) is 4.60. The van der Waals surface area contributed by atoms with Gasteiger partial charge in [-0.3, -0.25) is 9.69 Å². The van der Waals surface area contributed by atoms with Crippen molar-refractivity contribution in [3.63, 3.8) is 0 Å². The first-order valence-corrected chi connectivity index (χ1v) is 9.07. The zero-order valence-electron chi connectivity index (χ0n) is 14.2. The summed E-state index contributed by atoms with van der Waals surface area (Å²) in [5.41, 5.74) is 2.53. The van der Waals surface area contributed by atoms with Crippen LogP contribution in [0, 0.1) is 0 Å². The molecule has 0 saturated carbocycles. The van der Waals surface area contributed by atoms with E-state index in [4.69, 9.17) is 11.6 Å². The molecule has 0 bridgehead atoms. The van der Waals surface area contributed by atoms with Crippen molar-refractivity contribution in [2.45, 2.75) is 32.4 Å². The van der Waals surface area contributed by atoms with E-state index in [-0.39, 0.29) is 17.2 Å². The van der Waals surface area contributed by atoms with Crippen LogP contribution in [0.4, 0.5) is 0 Å². The lowest BCUT2D eigenvalue weighted by Crippen LogP contribution is -2.30. The highest BCUT2D eigenvalue weighted by Crippen LogP contribution is 2.22. The molecule has 132 valence electrons. The summed E-state index contributed by atoms with van der Waals surface area (Å²) in [7, 11) is 0. The SMILES string of the molecule is O=C(NCc1ccccc1CN1CCCCC1)c1cc(Cl)ccc1O. The number of carbonyl (C=O) groups excluding carboxylic acids is 1. The second-order valence-electron chi connectivity index (χ2n) is 6.45. The fourth-order valence-corrected chi connectivity index (χ4v) is 3.38. The molecule has 1 saturated heterocycles. The molecule has 0 aromatic heterocycles. The number of nitrogens with one attached hydrogen (secondary N) is 1. The van der Waals surface area contributed by atoms with Gasteiger partial charge in [0.05, 0.1) is 5.56 Å². The third-order valence-corrected chi connectivity index (χ3v) is 4.84. The van der Waals surface area contributed by atoms with Gasteiger partial charge in [-0.15, -0.1) is 0 Å². The standard InChI is InChI=1S/C20H23ClN2O2/c21-17-8-9-19(24)18(12-17)20(25)22-13-15-6-2-3-7-16(15)14-23-10-4-1-5-11-23/h2-3,6-9,12,24H,1,4-5,10-11,13-14H2,(H,22,25). The van der Waals surface area contributed by atoms with Crippen LogP contribution in [0.15, 0.2) is 42.5 Å². The van der Waals surface area contributed by atoms with Gasteiger partial charge < -0.3 is 10.4 Å². The topological polar surface area (TPSA) is 52.6 Å². The number of phenols is 1. The molecule has 2 N–H and O–H groups in total. The number of nitrogens with zero attached hydrogens (tertiary/aromatic N) is 1. The van der Waals surface area contributed by atoms with Crippen LogP contribution >= 0.6 is 11.6 Å². The normalized spacial score (nSPS) is 15.1. The zero-order chi connectivity index (χ0) is 17.6. The van der Waals surface area contributed by atoms with E-state index < -0.39 is 0 Å². The molecule has 0 unspecified atom stereocenters. The van der Waals surface area contributed by atoms with Crippen molar-refractivity contribution in [2.75, 3.05) is 13.1 Å². The summed E-state index contributed by atoms with van der Waals surface area (Å²) in [5.74, 6) is -0.392. The lowest BCUT2D eigenvalue weighted by molar-refractivity contribution is 0.0948. The van der Waals surface area contributed by atoms with Gasteiger partial charge in [0.2, 0.25) is 0 Å². The Hall–Kier alpha value is -2.04. The monoisotopic (exact) mass is 358 g/mol. The van der Waals surface area contributed by atoms with Gasteiger partial charge in [-0.05, 0) is 55.3 Å². The van der Waals surface area contributed by atoms with Gasteiger partial charge in [0, 0.05) is 18.1 Å². The number of carbonyl (C=O) groups is 1. The van der Waals surface area contributed by atoms with Crippen molar-refractivity contribution in [3.8, 4) is 5.75 Å². The van der Waals surface area contributed by atoms with Crippen LogP contribution in [-0.2, 0) is 13.1 Å². The first-order chi connectivity index (χ1) is 12.1. The smallest absolute Gasteiger partial charge is 0.255 e. The Balaban J connectivity index is 1.66. The maximum atomic E-state index is 12.4. The first kappa shape index (κ1) is 17.8. The molecule has 5 heteroatoms. The molecule has 3 rings (SSSR count). The molecule has 1 aliphatic rings. The molecule has 1 amide bonds. The molecule has 0 spiro atoms. The Labute approximate surface area is 153 Å². The van der Waals surface area contributed by atoms with Crippen LogP contribution in [0.25, 0.3) is 0 Å². The van der Waals surface area contributed by atoms with E-state index in [9.17, 15) is 9.90 Å². The molecule has 0 radical (unpaired) electrons. The number of likely N-dealkylation sites (tertiary alicyclic amines) is 1. The minimum atomic E-state index is -0.326. The van der Waals surface area contributed by atoms with Crippen LogP contribution in [0.3, 0.4) is 0 Å². The third kappa shape index (κ3) is 4.74. The number of piperidine rings is 1. The molecule has 1 heterocycles. The van der Waals surface area contributed by atoms with Gasteiger partial charge in [-0.25, -0.2) is 0 Å². The van der Waals surface area contributed by atoms with Gasteiger partial charge in [0.25, 0.3) is 5.91 Å². The minimum absolute atomic E-state index is 0.0662. The maximum Gasteiger partial charge on any atom is 0.255 e. The second kappa shape index (κ2) is 8.37. The summed E-state index contributed by atoms with van der Waals surface area (Å²) in [4.78, 5) is 14.8. The summed E-state index contributed by atoms with van der Waals surface area (Å²) in [6.45, 7) is 3.61. The Kier molecular flexibility index (Phi) is 5.95. The van der Waals surface area contributed by atoms with Crippen molar-refractivity contribution >= 4 is 17.5 Å². The molecule has 2 aromatic carbocycles. The quantitative estimate of drug-likeness (QED) is 0.850. The summed E-state index contributed by atoms with van der Waals surface area (Å²) in [5, 5.41) is 13.2. The van der Waals surface area contributed by atoms with Crippen LogP contribution in [-0.4, -0.2) is 29.0 Å². The Morgan fingerprint density at radius 2 is 1.80 bits per heavy atom. The van der Waals surface area contributed by atoms with E-state index >= 15 is 0 Å². The summed E-state index contributed by atoms with van der Waals surface area (Å²) < 4.78 is 0. The molecular formula is C20H23ClN2O2. The molecule has 4 nitrogen and oxygen atoms in total. The number of amides is 1. The number of halogens is 1. The Morgan fingerprint density at radius 3 is 2.56 bits per heavy atom. The van der Waals surface area contributed by atoms with Gasteiger partial charge in [0.15, 0.2) is 0 Å². The molecule has 0 aliphatic carbocycles. The predicted octanol–water partition coefficient (Wildman–Crippen LogP) is 3.96. The first-order valence-electron chi connectivity index (χ1n) is 8.69. The van der Waals surface area contributed by atoms with Crippen molar-refractivity contribution < 1.29 is 9.90 Å². The lowest BCUT2D eigenvalue weighted by Gasteiger charge is -2.27. The fraction of sp³-hybridized carbons (Fsp3) is 0.350. The van der Waals surface area contributed by atoms with E-state index in [1.807, 2.05) is 18.2 Å². The molecular weight excluding hydrogens is 336 g/mol. The van der Waals surface area contributed by atoms with E-state index in [0.29, 0.717) is 11.6 Å². The van der Waals surface area contributed by atoms with Crippen molar-refractivity contribution in [2.24, 2.45) is 0 Å². The van der Waals surface area contributed by atoms with E-state index in [1.165, 1.54) is 37.0 Å². The van der Waals surface area contributed by atoms with E-state index in [2.05, 4.69) is 16.3 Å². The van der Waals surface area contributed by atoms with Crippen LogP contribution in [0.2, 0.25) is 5.02 Å². The highest BCUT2D eigenvalue weighted by atomic mass is 35.5. The Morgan fingerprint density at radius 1 is 1.08 bits per heavy atom. The van der Waals surface area contributed by atoms with Crippen LogP contribution in [0.5, 0.6) is 5.75 Å². The molecule has 2 aromatic rings. The minimum Gasteiger partial charge on any atom is -0.507 e. The average Bonchev–Trinajstić information content (AvgIpc) is 2.63. The van der Waals surface area contributed by atoms with E-state index in [1.54, 1.807) is 6.07 Å². The van der Waals surface area contributed by atoms with Crippen LogP contribution in [0.1, 0.15) is 40.7 Å². The van der Waals surface area contributed by atoms with Gasteiger partial charge in [0.1, 0.15) is 5.75 Å². The average molecular weight is 359 g/mol. The number of rotatable bonds is 5. The maximum absolute atomic E-state index is 12.4. The summed E-state index contributed by atoms with van der Waals surface area (Å²) >= 11 is 5.92. The molecule has 1 fully saturated rings. The number of benzene rings is 2. The van der Waals surface area contributed by atoms with Crippen molar-refractivity contribution in [1.29, 1.82) is 0 Å². The number of aromatic hydroxyl groups is 1. The highest BCUT2D eigenvalue weighted by molar-refractivity contribution is 6.31. The van der Waals surface area contributed by atoms with Crippen LogP contribution < -0.4 is 5.32 Å². The second-order valence-corrected chi connectivity index (χ2v) is 6.89. The number of hydrogen-bond donors (Lipinski definition) is 2. The highest BCUT2D eigenvalue weighted by Gasteiger charge is 2.14. The predicted molar refractivity (Wildman–Crippen MR) is 99.9 cm³/mol. The molecule has 25 heavy (non-hydrogen) atoms. The van der Waals surface area contributed by atoms with Gasteiger partial charge in [-0.2, -0.15) is 0 Å². The Bertz CT molecular complexity index is 742. The largest absolute Gasteiger partial charge is 0.507 e. The van der Waals surface area contributed by atoms with Gasteiger partial charge >= 0.3 is 0 Å². The summed E-state index contributed by atoms with van der Waals surface area (Å²) in [6.07, 6.45) is 3.83. The number of hydrogen-bond acceptors (Lipinski definition) is 3. The number of phenolic OH excluding ortho intramolecular Hbond substituents is 1. The molecule has 0 atom stereocenters. The van der Waals surface area contributed by atoms with Crippen molar-refractivity contribution in [3.05, 3.63) is 64.2 Å². The lowest BCUT2D eigenvalue weighted by atomic mass is 10.0. The van der Waals surface area contributed by atoms with E-state index in [0.717, 1.165) is 25.2 Å². The summed E-state index contributed by atoms with van der Waals surface area (Å²) in [6, 6.07) is 12.6.